The molecule has 1 fully saturated rings. The number of nitro benzene ring substituents is 1. The number of nitro groups is 1. The molecule has 0 aromatic heterocycles. The van der Waals surface area contributed by atoms with Gasteiger partial charge >= 0.3 is 0 Å². The molecule has 3 rings (SSSR count). The van der Waals surface area contributed by atoms with Gasteiger partial charge in [0.05, 0.1) is 15.5 Å². The van der Waals surface area contributed by atoms with Gasteiger partial charge in [-0.05, 0) is 43.5 Å². The highest BCUT2D eigenvalue weighted by Gasteiger charge is 2.18. The summed E-state index contributed by atoms with van der Waals surface area (Å²) >= 11 is 0. The summed E-state index contributed by atoms with van der Waals surface area (Å²) in [5.41, 5.74) is 1.15. The maximum atomic E-state index is 12.5. The summed E-state index contributed by atoms with van der Waals surface area (Å²) < 4.78 is 27.5. The fourth-order valence-corrected chi connectivity index (χ4v) is 3.99. The maximum absolute atomic E-state index is 12.5. The smallest absolute Gasteiger partial charge is 0.270 e. The lowest BCUT2D eigenvalue weighted by Crippen LogP contribution is -2.29. The van der Waals surface area contributed by atoms with Crippen molar-refractivity contribution in [3.05, 3.63) is 58.6 Å². The molecular formula is C17H19N3O4S. The topological polar surface area (TPSA) is 92.5 Å². The Labute approximate surface area is 146 Å². The lowest BCUT2D eigenvalue weighted by atomic mass is 10.1. The number of piperidine rings is 1. The Morgan fingerprint density at radius 1 is 1.00 bits per heavy atom. The molecule has 1 saturated heterocycles. The zero-order valence-electron chi connectivity index (χ0n) is 13.6. The number of hydrogen-bond donors (Lipinski definition) is 1. The Hall–Kier alpha value is -2.61. The number of hydrogen-bond acceptors (Lipinski definition) is 5. The van der Waals surface area contributed by atoms with Gasteiger partial charge in [-0.25, -0.2) is 8.42 Å². The van der Waals surface area contributed by atoms with Gasteiger partial charge in [-0.15, -0.1) is 0 Å². The molecule has 132 valence electrons. The number of rotatable bonds is 5. The van der Waals surface area contributed by atoms with Gasteiger partial charge in [0.1, 0.15) is 0 Å². The summed E-state index contributed by atoms with van der Waals surface area (Å²) in [6.07, 6.45) is 3.48. The van der Waals surface area contributed by atoms with Crippen LogP contribution < -0.4 is 9.62 Å². The second-order valence-electron chi connectivity index (χ2n) is 5.96. The third-order valence-corrected chi connectivity index (χ3v) is 5.54. The van der Waals surface area contributed by atoms with Crippen LogP contribution in [0.15, 0.2) is 53.4 Å². The van der Waals surface area contributed by atoms with Crippen LogP contribution in [0.25, 0.3) is 0 Å². The Kier molecular flexibility index (Phi) is 4.89. The van der Waals surface area contributed by atoms with Crippen molar-refractivity contribution >= 4 is 27.1 Å². The first kappa shape index (κ1) is 17.2. The highest BCUT2D eigenvalue weighted by molar-refractivity contribution is 7.92. The largest absolute Gasteiger partial charge is 0.371 e. The second kappa shape index (κ2) is 7.10. The van der Waals surface area contributed by atoms with E-state index in [1.54, 1.807) is 18.2 Å². The van der Waals surface area contributed by atoms with Gasteiger partial charge in [0.2, 0.25) is 0 Å². The number of non-ortho nitro benzene ring substituents is 1. The predicted molar refractivity (Wildman–Crippen MR) is 96.4 cm³/mol. The van der Waals surface area contributed by atoms with Crippen LogP contribution >= 0.6 is 0 Å². The van der Waals surface area contributed by atoms with E-state index in [1.807, 2.05) is 6.07 Å². The van der Waals surface area contributed by atoms with Crippen molar-refractivity contribution in [2.75, 3.05) is 22.7 Å². The number of nitrogens with zero attached hydrogens (tertiary/aromatic N) is 2. The molecule has 8 heteroatoms. The average molecular weight is 361 g/mol. The number of sulfonamides is 1. The highest BCUT2D eigenvalue weighted by Crippen LogP contribution is 2.25. The molecule has 2 aromatic rings. The van der Waals surface area contributed by atoms with Crippen LogP contribution in [-0.2, 0) is 10.0 Å². The van der Waals surface area contributed by atoms with Crippen LogP contribution in [0, 0.1) is 10.1 Å². The van der Waals surface area contributed by atoms with Gasteiger partial charge in [-0.2, -0.15) is 0 Å². The monoisotopic (exact) mass is 361 g/mol. The summed E-state index contributed by atoms with van der Waals surface area (Å²) in [6.45, 7) is 1.92. The summed E-state index contributed by atoms with van der Waals surface area (Å²) in [4.78, 5) is 12.3. The number of anilines is 2. The van der Waals surface area contributed by atoms with E-state index in [0.29, 0.717) is 5.69 Å². The number of nitrogens with one attached hydrogen (secondary N) is 1. The van der Waals surface area contributed by atoms with Crippen molar-refractivity contribution in [1.82, 2.24) is 0 Å². The Morgan fingerprint density at radius 3 is 2.44 bits per heavy atom. The average Bonchev–Trinajstić information content (AvgIpc) is 2.62. The van der Waals surface area contributed by atoms with Crippen molar-refractivity contribution in [1.29, 1.82) is 0 Å². The lowest BCUT2D eigenvalue weighted by molar-refractivity contribution is -0.385. The van der Waals surface area contributed by atoms with Gasteiger partial charge in [0.15, 0.2) is 0 Å². The van der Waals surface area contributed by atoms with Gasteiger partial charge in [-0.1, -0.05) is 12.1 Å². The van der Waals surface area contributed by atoms with E-state index in [2.05, 4.69) is 9.62 Å². The van der Waals surface area contributed by atoms with Crippen LogP contribution in [0.4, 0.5) is 17.1 Å². The fraction of sp³-hybridized carbons (Fsp3) is 0.294. The summed E-state index contributed by atoms with van der Waals surface area (Å²) in [7, 11) is -3.89. The molecule has 0 unspecified atom stereocenters. The van der Waals surface area contributed by atoms with Crippen LogP contribution in [-0.4, -0.2) is 26.4 Å². The van der Waals surface area contributed by atoms with Crippen LogP contribution in [0.2, 0.25) is 0 Å². The van der Waals surface area contributed by atoms with Gasteiger partial charge in [0.25, 0.3) is 15.7 Å². The van der Waals surface area contributed by atoms with Crippen LogP contribution in [0.3, 0.4) is 0 Å². The molecule has 0 saturated carbocycles. The van der Waals surface area contributed by atoms with Gasteiger partial charge < -0.3 is 4.90 Å². The van der Waals surface area contributed by atoms with Crippen molar-refractivity contribution in [3.63, 3.8) is 0 Å². The summed E-state index contributed by atoms with van der Waals surface area (Å²) in [5.74, 6) is 0. The van der Waals surface area contributed by atoms with E-state index in [1.165, 1.54) is 24.6 Å². The first-order valence-electron chi connectivity index (χ1n) is 8.08. The normalized spacial score (nSPS) is 15.0. The molecule has 1 aliphatic rings. The van der Waals surface area contributed by atoms with E-state index in [0.717, 1.165) is 37.7 Å². The SMILES string of the molecule is O=[N+]([O-])c1cccc(S(=O)(=O)Nc2cccc(N3CCCCC3)c2)c1. The molecule has 0 atom stereocenters. The van der Waals surface area contributed by atoms with Crippen LogP contribution in [0.5, 0.6) is 0 Å². The minimum absolute atomic E-state index is 0.134. The van der Waals surface area contributed by atoms with Gasteiger partial charge in [-0.3, -0.25) is 14.8 Å². The minimum atomic E-state index is -3.89. The summed E-state index contributed by atoms with van der Waals surface area (Å²) in [5, 5.41) is 10.8. The predicted octanol–water partition coefficient (Wildman–Crippen LogP) is 3.39. The van der Waals surface area contributed by atoms with Crippen molar-refractivity contribution in [2.24, 2.45) is 0 Å². The zero-order valence-corrected chi connectivity index (χ0v) is 14.4. The Morgan fingerprint density at radius 2 is 1.72 bits per heavy atom. The van der Waals surface area contributed by atoms with E-state index >= 15 is 0 Å². The summed E-state index contributed by atoms with van der Waals surface area (Å²) in [6, 6.07) is 12.2. The minimum Gasteiger partial charge on any atom is -0.371 e. The maximum Gasteiger partial charge on any atom is 0.270 e. The molecule has 0 amide bonds. The fourth-order valence-electron chi connectivity index (χ4n) is 2.90. The Bertz CT molecular complexity index is 877. The first-order valence-corrected chi connectivity index (χ1v) is 9.56. The van der Waals surface area contributed by atoms with E-state index in [4.69, 9.17) is 0 Å². The molecular weight excluding hydrogens is 342 g/mol. The van der Waals surface area contributed by atoms with E-state index in [9.17, 15) is 18.5 Å². The zero-order chi connectivity index (χ0) is 17.9. The third-order valence-electron chi connectivity index (χ3n) is 4.16. The van der Waals surface area contributed by atoms with Crippen molar-refractivity contribution < 1.29 is 13.3 Å². The molecule has 1 N–H and O–H groups in total. The van der Waals surface area contributed by atoms with Crippen molar-refractivity contribution in [2.45, 2.75) is 24.2 Å². The third kappa shape index (κ3) is 4.08. The highest BCUT2D eigenvalue weighted by atomic mass is 32.2. The van der Waals surface area contributed by atoms with E-state index < -0.39 is 14.9 Å². The molecule has 0 spiro atoms. The molecule has 1 heterocycles. The number of benzene rings is 2. The first-order chi connectivity index (χ1) is 12.0. The van der Waals surface area contributed by atoms with Crippen LogP contribution in [0.1, 0.15) is 19.3 Å². The Balaban J connectivity index is 1.83. The van der Waals surface area contributed by atoms with E-state index in [-0.39, 0.29) is 10.6 Å². The molecule has 7 nitrogen and oxygen atoms in total. The molecule has 0 aliphatic carbocycles. The molecule has 0 radical (unpaired) electrons. The molecule has 1 aliphatic heterocycles. The van der Waals surface area contributed by atoms with Gasteiger partial charge in [0, 0.05) is 30.9 Å². The molecule has 2 aromatic carbocycles. The quantitative estimate of drug-likeness (QED) is 0.651. The van der Waals surface area contributed by atoms with Crippen molar-refractivity contribution in [3.8, 4) is 0 Å². The standard InChI is InChI=1S/C17H19N3O4S/c21-20(22)16-8-5-9-17(13-16)25(23,24)18-14-6-4-7-15(12-14)19-10-2-1-3-11-19/h4-9,12-13,18H,1-3,10-11H2. The molecule has 0 bridgehead atoms. The molecule has 25 heavy (non-hydrogen) atoms. The lowest BCUT2D eigenvalue weighted by Gasteiger charge is -2.29. The second-order valence-corrected chi connectivity index (χ2v) is 7.64.